The van der Waals surface area contributed by atoms with Crippen LogP contribution in [0.1, 0.15) is 53.4 Å². The van der Waals surface area contributed by atoms with Crippen molar-refractivity contribution >= 4 is 10.0 Å². The number of hydrogen-bond donors (Lipinski definition) is 1. The number of halogens is 1. The predicted octanol–water partition coefficient (Wildman–Crippen LogP) is 4.38. The van der Waals surface area contributed by atoms with Crippen LogP contribution < -0.4 is 5.32 Å². The van der Waals surface area contributed by atoms with Gasteiger partial charge in [0.15, 0.2) is 0 Å². The van der Waals surface area contributed by atoms with Crippen LogP contribution in [0.2, 0.25) is 0 Å². The molecule has 2 fully saturated rings. The van der Waals surface area contributed by atoms with Gasteiger partial charge in [-0.05, 0) is 73.0 Å². The van der Waals surface area contributed by atoms with Crippen LogP contribution in [0.4, 0.5) is 4.39 Å². The first-order valence-corrected chi connectivity index (χ1v) is 13.7. The summed E-state index contributed by atoms with van der Waals surface area (Å²) in [6.45, 7) is 1.12. The summed E-state index contributed by atoms with van der Waals surface area (Å²) >= 11 is 0. The van der Waals surface area contributed by atoms with E-state index in [1.807, 2.05) is 19.2 Å². The largest absolute Gasteiger partial charge is 0.316 e. The number of benzene rings is 2. The molecule has 1 saturated carbocycles. The lowest BCUT2D eigenvalue weighted by Crippen LogP contribution is -2.49. The number of likely N-dealkylation sites (N-methyl/N-ethyl adjacent to an activating group) is 1. The molecule has 33 heavy (non-hydrogen) atoms. The molecule has 176 valence electrons. The third kappa shape index (κ3) is 4.79. The van der Waals surface area contributed by atoms with Crippen molar-refractivity contribution < 1.29 is 12.8 Å². The quantitative estimate of drug-likeness (QED) is 0.585. The Morgan fingerprint density at radius 1 is 1.15 bits per heavy atom. The normalized spacial score (nSPS) is 24.1. The summed E-state index contributed by atoms with van der Waals surface area (Å²) < 4.78 is 40.7. The highest BCUT2D eigenvalue weighted by Gasteiger charge is 2.38. The molecule has 0 aromatic heterocycles. The molecule has 1 aliphatic heterocycles. The summed E-state index contributed by atoms with van der Waals surface area (Å²) in [7, 11) is -1.23. The second-order valence-corrected chi connectivity index (χ2v) is 11.9. The molecule has 2 aromatic carbocycles. The lowest BCUT2D eigenvalue weighted by atomic mass is 9.85. The van der Waals surface area contributed by atoms with Crippen LogP contribution in [0, 0.1) is 11.7 Å². The Morgan fingerprint density at radius 2 is 1.97 bits per heavy atom. The monoisotopic (exact) mass is 468 g/mol. The van der Waals surface area contributed by atoms with E-state index in [1.165, 1.54) is 42.0 Å². The number of nitrogens with one attached hydrogen (secondary N) is 1. The van der Waals surface area contributed by atoms with Gasteiger partial charge in [0, 0.05) is 31.0 Å². The van der Waals surface area contributed by atoms with Crippen LogP contribution in [-0.4, -0.2) is 44.7 Å². The topological polar surface area (TPSA) is 49.4 Å². The molecule has 1 saturated heterocycles. The van der Waals surface area contributed by atoms with E-state index in [0.717, 1.165) is 18.4 Å². The zero-order valence-corrected chi connectivity index (χ0v) is 20.0. The smallest absolute Gasteiger partial charge is 0.217 e. The van der Waals surface area contributed by atoms with Crippen molar-refractivity contribution in [3.63, 3.8) is 0 Å². The Bertz CT molecular complexity index is 1140. The maximum absolute atomic E-state index is 13.7. The maximum Gasteiger partial charge on any atom is 0.217 e. The molecule has 6 heteroatoms. The Hall–Kier alpha value is -2.02. The van der Waals surface area contributed by atoms with Crippen molar-refractivity contribution in [2.75, 3.05) is 25.9 Å². The van der Waals surface area contributed by atoms with Crippen molar-refractivity contribution in [3.8, 4) is 0 Å². The molecule has 2 atom stereocenters. The van der Waals surface area contributed by atoms with E-state index in [-0.39, 0.29) is 23.4 Å². The van der Waals surface area contributed by atoms with Crippen molar-refractivity contribution in [1.82, 2.24) is 9.62 Å². The van der Waals surface area contributed by atoms with Crippen LogP contribution in [0.25, 0.3) is 0 Å². The Kier molecular flexibility index (Phi) is 6.43. The van der Waals surface area contributed by atoms with Gasteiger partial charge >= 0.3 is 0 Å². The minimum Gasteiger partial charge on any atom is -0.316 e. The highest BCUT2D eigenvalue weighted by Crippen LogP contribution is 2.39. The van der Waals surface area contributed by atoms with Gasteiger partial charge in [0.2, 0.25) is 10.0 Å². The van der Waals surface area contributed by atoms with Crippen LogP contribution in [-0.2, 0) is 22.9 Å². The minimum atomic E-state index is -3.22. The van der Waals surface area contributed by atoms with Gasteiger partial charge in [-0.2, -0.15) is 0 Å². The van der Waals surface area contributed by atoms with Gasteiger partial charge in [-0.25, -0.2) is 17.1 Å². The summed E-state index contributed by atoms with van der Waals surface area (Å²) in [4.78, 5) is 0. The first kappa shape index (κ1) is 22.8. The van der Waals surface area contributed by atoms with E-state index in [2.05, 4.69) is 29.6 Å². The SMILES string of the molecule is CNC1Cc2ccc(C3CN(S(=O)(=O)CC=CC4CCC4)C3)cc2C1Cc1cccc(F)c1. The van der Waals surface area contributed by atoms with Crippen LogP contribution >= 0.6 is 0 Å². The van der Waals surface area contributed by atoms with Gasteiger partial charge in [0.05, 0.1) is 5.75 Å². The van der Waals surface area contributed by atoms with Crippen LogP contribution in [0.5, 0.6) is 0 Å². The summed E-state index contributed by atoms with van der Waals surface area (Å²) in [6.07, 6.45) is 9.31. The highest BCUT2D eigenvalue weighted by atomic mass is 32.2. The van der Waals surface area contributed by atoms with E-state index < -0.39 is 10.0 Å². The van der Waals surface area contributed by atoms with E-state index >= 15 is 0 Å². The van der Waals surface area contributed by atoms with Crippen molar-refractivity contribution in [3.05, 3.63) is 82.7 Å². The third-order valence-electron chi connectivity index (χ3n) is 7.79. The first-order valence-electron chi connectivity index (χ1n) is 12.1. The van der Waals surface area contributed by atoms with E-state index in [4.69, 9.17) is 0 Å². The number of rotatable bonds is 8. The molecule has 4 nitrogen and oxygen atoms in total. The van der Waals surface area contributed by atoms with Gasteiger partial charge in [0.1, 0.15) is 5.82 Å². The Balaban J connectivity index is 1.26. The van der Waals surface area contributed by atoms with Crippen molar-refractivity contribution in [2.24, 2.45) is 5.92 Å². The van der Waals surface area contributed by atoms with E-state index in [9.17, 15) is 12.8 Å². The number of hydrogen-bond acceptors (Lipinski definition) is 3. The predicted molar refractivity (Wildman–Crippen MR) is 130 cm³/mol. The van der Waals surface area contributed by atoms with Crippen LogP contribution in [0.15, 0.2) is 54.6 Å². The number of nitrogens with zero attached hydrogens (tertiary/aromatic N) is 1. The maximum atomic E-state index is 13.7. The Morgan fingerprint density at radius 3 is 2.67 bits per heavy atom. The average Bonchev–Trinajstić information content (AvgIpc) is 3.05. The molecule has 0 bridgehead atoms. The van der Waals surface area contributed by atoms with Gasteiger partial charge in [0.25, 0.3) is 0 Å². The molecule has 0 spiro atoms. The average molecular weight is 469 g/mol. The van der Waals surface area contributed by atoms with Gasteiger partial charge < -0.3 is 5.32 Å². The van der Waals surface area contributed by atoms with Gasteiger partial charge in [-0.15, -0.1) is 0 Å². The standard InChI is InChI=1S/C27H33FN2O2S/c1-29-27-16-22-11-10-21(15-25(22)26(27)14-20-7-3-9-24(28)13-20)23-17-30(18-23)33(31,32)12-4-8-19-5-2-6-19/h3-4,7-11,13,15,19,23,26-27,29H,2,5-6,12,14,16-18H2,1H3. The van der Waals surface area contributed by atoms with Gasteiger partial charge in [-0.3, -0.25) is 0 Å². The van der Waals surface area contributed by atoms with Crippen molar-refractivity contribution in [1.29, 1.82) is 0 Å². The molecule has 5 rings (SSSR count). The fourth-order valence-corrected chi connectivity index (χ4v) is 6.83. The molecule has 2 aliphatic carbocycles. The highest BCUT2D eigenvalue weighted by molar-refractivity contribution is 7.89. The lowest BCUT2D eigenvalue weighted by molar-refractivity contribution is 0.265. The fourth-order valence-electron chi connectivity index (χ4n) is 5.45. The summed E-state index contributed by atoms with van der Waals surface area (Å²) in [5.41, 5.74) is 4.88. The van der Waals surface area contributed by atoms with Crippen molar-refractivity contribution in [2.45, 2.75) is 50.0 Å². The number of allylic oxidation sites excluding steroid dienone is 1. The molecule has 3 aliphatic rings. The molecular weight excluding hydrogens is 435 g/mol. The summed E-state index contributed by atoms with van der Waals surface area (Å²) in [5.74, 6) is 1.02. The van der Waals surface area contributed by atoms with Gasteiger partial charge in [-0.1, -0.05) is 48.9 Å². The molecule has 1 N–H and O–H groups in total. The first-order chi connectivity index (χ1) is 15.9. The fraction of sp³-hybridized carbons (Fsp3) is 0.481. The zero-order valence-electron chi connectivity index (χ0n) is 19.2. The molecular formula is C27H33FN2O2S. The van der Waals surface area contributed by atoms with E-state index in [1.54, 1.807) is 16.4 Å². The lowest BCUT2D eigenvalue weighted by Gasteiger charge is -2.38. The minimum absolute atomic E-state index is 0.111. The summed E-state index contributed by atoms with van der Waals surface area (Å²) in [6, 6.07) is 13.9. The second kappa shape index (κ2) is 9.32. The zero-order chi connectivity index (χ0) is 23.0. The van der Waals surface area contributed by atoms with Crippen LogP contribution in [0.3, 0.4) is 0 Å². The molecule has 2 aromatic rings. The second-order valence-electron chi connectivity index (χ2n) is 9.91. The molecule has 1 heterocycles. The molecule has 0 radical (unpaired) electrons. The molecule has 0 amide bonds. The van der Waals surface area contributed by atoms with E-state index in [0.29, 0.717) is 25.0 Å². The molecule has 2 unspecified atom stereocenters. The number of fused-ring (bicyclic) bond motifs is 1. The summed E-state index contributed by atoms with van der Waals surface area (Å²) in [5, 5.41) is 3.45. The number of sulfonamides is 1. The Labute approximate surface area is 196 Å². The third-order valence-corrected chi connectivity index (χ3v) is 9.49.